The molecule has 0 saturated heterocycles. The summed E-state index contributed by atoms with van der Waals surface area (Å²) in [5.74, 6) is -3.27. The molecular weight excluding hydrogens is 250 g/mol. The maximum atomic E-state index is 11.4. The third-order valence-electron chi connectivity index (χ3n) is 1.53. The zero-order valence-corrected chi connectivity index (χ0v) is 9.11. The van der Waals surface area contributed by atoms with Gasteiger partial charge in [0, 0.05) is 5.38 Å². The molecule has 9 heteroatoms. The van der Waals surface area contributed by atoms with Crippen LogP contribution >= 0.6 is 11.3 Å². The van der Waals surface area contributed by atoms with Crippen molar-refractivity contribution >= 4 is 40.5 Å². The van der Waals surface area contributed by atoms with E-state index in [1.165, 1.54) is 5.38 Å². The average Bonchev–Trinajstić information content (AvgIpc) is 2.74. The molecule has 0 radical (unpaired) electrons. The summed E-state index contributed by atoms with van der Waals surface area (Å²) in [6.45, 7) is -0.645. The van der Waals surface area contributed by atoms with E-state index in [-0.39, 0.29) is 10.8 Å². The lowest BCUT2D eigenvalue weighted by Gasteiger charge is -1.98. The van der Waals surface area contributed by atoms with Crippen molar-refractivity contribution in [2.75, 3.05) is 11.9 Å². The first-order valence-electron chi connectivity index (χ1n) is 4.24. The van der Waals surface area contributed by atoms with E-state index in [2.05, 4.69) is 10.3 Å². The Morgan fingerprint density at radius 3 is 2.76 bits per heavy atom. The maximum absolute atomic E-state index is 11.4. The Hall–Kier alpha value is -2.29. The van der Waals surface area contributed by atoms with Crippen molar-refractivity contribution in [2.45, 2.75) is 0 Å². The Morgan fingerprint density at radius 1 is 1.47 bits per heavy atom. The van der Waals surface area contributed by atoms with Gasteiger partial charge in [-0.15, -0.1) is 11.3 Å². The number of hydrogen-bond acceptors (Lipinski definition) is 6. The standard InChI is InChI=1S/C8H7N3O5S/c12-3-10-8-11-4(2-17-8)6(15)7(16)9-1-5(13)14/h2-3H,1H2,(H,9,16)(H,13,14)(H,10,11,12). The topological polar surface area (TPSA) is 125 Å². The van der Waals surface area contributed by atoms with Crippen molar-refractivity contribution in [1.82, 2.24) is 10.3 Å². The van der Waals surface area contributed by atoms with Crippen LogP contribution in [0.15, 0.2) is 5.38 Å². The minimum absolute atomic E-state index is 0.151. The van der Waals surface area contributed by atoms with Gasteiger partial charge < -0.3 is 15.7 Å². The Balaban J connectivity index is 2.64. The second-order valence-electron chi connectivity index (χ2n) is 2.71. The van der Waals surface area contributed by atoms with Crippen LogP contribution in [-0.4, -0.2) is 40.7 Å². The van der Waals surface area contributed by atoms with Crippen LogP contribution in [0, 0.1) is 0 Å². The highest BCUT2D eigenvalue weighted by atomic mass is 32.1. The monoisotopic (exact) mass is 257 g/mol. The number of aromatic nitrogens is 1. The Kier molecular flexibility index (Phi) is 4.29. The van der Waals surface area contributed by atoms with Crippen LogP contribution < -0.4 is 10.6 Å². The van der Waals surface area contributed by atoms with E-state index in [1.807, 2.05) is 5.32 Å². The van der Waals surface area contributed by atoms with Gasteiger partial charge in [-0.3, -0.25) is 19.2 Å². The van der Waals surface area contributed by atoms with Crippen LogP contribution in [0.5, 0.6) is 0 Å². The number of nitrogens with one attached hydrogen (secondary N) is 2. The first-order chi connectivity index (χ1) is 8.04. The molecule has 2 amide bonds. The highest BCUT2D eigenvalue weighted by Gasteiger charge is 2.19. The first kappa shape index (κ1) is 12.8. The number of Topliss-reactive ketones (excluding diaryl/α,β-unsaturated/α-hetero) is 1. The van der Waals surface area contributed by atoms with E-state index < -0.39 is 24.2 Å². The molecule has 1 aromatic heterocycles. The summed E-state index contributed by atoms with van der Waals surface area (Å²) < 4.78 is 0. The molecule has 0 saturated carbocycles. The molecular formula is C8H7N3O5S. The number of rotatable bonds is 6. The van der Waals surface area contributed by atoms with E-state index in [0.717, 1.165) is 11.3 Å². The molecule has 0 aliphatic carbocycles. The number of hydrogen-bond donors (Lipinski definition) is 3. The Bertz CT molecular complexity index is 469. The normalized spacial score (nSPS) is 9.41. The van der Waals surface area contributed by atoms with Gasteiger partial charge in [0.15, 0.2) is 5.13 Å². The molecule has 1 rings (SSSR count). The second kappa shape index (κ2) is 5.70. The summed E-state index contributed by atoms with van der Waals surface area (Å²) in [7, 11) is 0. The maximum Gasteiger partial charge on any atom is 0.322 e. The zero-order chi connectivity index (χ0) is 12.8. The van der Waals surface area contributed by atoms with Gasteiger partial charge in [-0.25, -0.2) is 4.98 Å². The number of carboxylic acid groups (broad SMARTS) is 1. The van der Waals surface area contributed by atoms with Gasteiger partial charge in [-0.05, 0) is 0 Å². The molecule has 3 N–H and O–H groups in total. The number of anilines is 1. The molecule has 1 heterocycles. The van der Waals surface area contributed by atoms with Gasteiger partial charge in [-0.2, -0.15) is 0 Å². The first-order valence-corrected chi connectivity index (χ1v) is 5.12. The largest absolute Gasteiger partial charge is 0.480 e. The molecule has 0 unspecified atom stereocenters. The van der Waals surface area contributed by atoms with Crippen LogP contribution in [-0.2, 0) is 14.4 Å². The van der Waals surface area contributed by atoms with Crippen LogP contribution in [0.3, 0.4) is 0 Å². The van der Waals surface area contributed by atoms with Crippen molar-refractivity contribution in [3.63, 3.8) is 0 Å². The molecule has 0 fully saturated rings. The van der Waals surface area contributed by atoms with Gasteiger partial charge >= 0.3 is 5.97 Å². The molecule has 0 aromatic carbocycles. The summed E-state index contributed by atoms with van der Waals surface area (Å²) in [5.41, 5.74) is -0.151. The van der Waals surface area contributed by atoms with E-state index >= 15 is 0 Å². The number of carbonyl (C=O) groups excluding carboxylic acids is 3. The zero-order valence-electron chi connectivity index (χ0n) is 8.30. The van der Waals surface area contributed by atoms with Crippen molar-refractivity contribution < 1.29 is 24.3 Å². The second-order valence-corrected chi connectivity index (χ2v) is 3.56. The fourth-order valence-corrected chi connectivity index (χ4v) is 1.50. The number of thiazole rings is 1. The van der Waals surface area contributed by atoms with E-state index in [9.17, 15) is 19.2 Å². The van der Waals surface area contributed by atoms with Gasteiger partial charge in [0.25, 0.3) is 11.7 Å². The fraction of sp³-hybridized carbons (Fsp3) is 0.125. The number of ketones is 1. The minimum Gasteiger partial charge on any atom is -0.480 e. The smallest absolute Gasteiger partial charge is 0.322 e. The highest BCUT2D eigenvalue weighted by molar-refractivity contribution is 7.14. The van der Waals surface area contributed by atoms with E-state index in [0.29, 0.717) is 6.41 Å². The van der Waals surface area contributed by atoms with Crippen molar-refractivity contribution in [3.05, 3.63) is 11.1 Å². The quantitative estimate of drug-likeness (QED) is 0.344. The predicted octanol–water partition coefficient (Wildman–Crippen LogP) is -0.905. The summed E-state index contributed by atoms with van der Waals surface area (Å²) in [4.78, 5) is 46.5. The van der Waals surface area contributed by atoms with Crippen LogP contribution in [0.2, 0.25) is 0 Å². The van der Waals surface area contributed by atoms with Gasteiger partial charge in [0.05, 0.1) is 0 Å². The van der Waals surface area contributed by atoms with Gasteiger partial charge in [-0.1, -0.05) is 0 Å². The van der Waals surface area contributed by atoms with Crippen LogP contribution in [0.4, 0.5) is 5.13 Å². The lowest BCUT2D eigenvalue weighted by Crippen LogP contribution is -2.35. The fourth-order valence-electron chi connectivity index (χ4n) is 0.847. The Labute approximate surface area is 98.7 Å². The van der Waals surface area contributed by atoms with Gasteiger partial charge in [0.2, 0.25) is 6.41 Å². The number of aliphatic carboxylic acids is 1. The molecule has 0 spiro atoms. The molecule has 0 atom stereocenters. The van der Waals surface area contributed by atoms with E-state index in [1.54, 1.807) is 0 Å². The molecule has 90 valence electrons. The predicted molar refractivity (Wildman–Crippen MR) is 56.8 cm³/mol. The summed E-state index contributed by atoms with van der Waals surface area (Å²) in [5, 5.41) is 13.9. The SMILES string of the molecule is O=CNc1nc(C(=O)C(=O)NCC(=O)O)cs1. The molecule has 0 aliphatic heterocycles. The number of amides is 2. The molecule has 0 bridgehead atoms. The third kappa shape index (κ3) is 3.65. The minimum atomic E-state index is -1.26. The number of nitrogens with zero attached hydrogens (tertiary/aromatic N) is 1. The molecule has 0 aliphatic rings. The van der Waals surface area contributed by atoms with Crippen molar-refractivity contribution in [2.24, 2.45) is 0 Å². The lowest BCUT2D eigenvalue weighted by atomic mass is 10.3. The third-order valence-corrected chi connectivity index (χ3v) is 2.30. The van der Waals surface area contributed by atoms with Gasteiger partial charge in [0.1, 0.15) is 12.2 Å². The summed E-state index contributed by atoms with van der Waals surface area (Å²) in [6, 6.07) is 0. The van der Waals surface area contributed by atoms with Crippen LogP contribution in [0.1, 0.15) is 10.5 Å². The lowest BCUT2D eigenvalue weighted by molar-refractivity contribution is -0.137. The van der Waals surface area contributed by atoms with Crippen molar-refractivity contribution in [3.8, 4) is 0 Å². The van der Waals surface area contributed by atoms with Crippen molar-refractivity contribution in [1.29, 1.82) is 0 Å². The average molecular weight is 257 g/mol. The number of carboxylic acids is 1. The molecule has 1 aromatic rings. The van der Waals surface area contributed by atoms with E-state index in [4.69, 9.17) is 5.11 Å². The molecule has 8 nitrogen and oxygen atoms in total. The van der Waals surface area contributed by atoms with Crippen LogP contribution in [0.25, 0.3) is 0 Å². The Morgan fingerprint density at radius 2 is 2.18 bits per heavy atom. The molecule has 17 heavy (non-hydrogen) atoms. The highest BCUT2D eigenvalue weighted by Crippen LogP contribution is 2.14. The number of carbonyl (C=O) groups is 4. The summed E-state index contributed by atoms with van der Waals surface area (Å²) >= 11 is 0.974. The summed E-state index contributed by atoms with van der Waals surface area (Å²) in [6.07, 6.45) is 0.386.